The standard InChI is InChI=1S/C12H21F3N2O/c13-12(14,15)10(18)8-17-7-6-16-9-11(17)4-2-1-3-5-11/h10,16,18H,1-9H2. The summed E-state index contributed by atoms with van der Waals surface area (Å²) in [5.41, 5.74) is -0.164. The van der Waals surface area contributed by atoms with Gasteiger partial charge in [0.05, 0.1) is 0 Å². The Hall–Kier alpha value is -0.330. The number of nitrogens with one attached hydrogen (secondary N) is 1. The van der Waals surface area contributed by atoms with Gasteiger partial charge in [0.15, 0.2) is 6.10 Å². The van der Waals surface area contributed by atoms with E-state index < -0.39 is 12.3 Å². The average molecular weight is 266 g/mol. The number of rotatable bonds is 2. The second-order valence-corrected chi connectivity index (χ2v) is 5.47. The zero-order valence-corrected chi connectivity index (χ0v) is 10.5. The van der Waals surface area contributed by atoms with Crippen molar-refractivity contribution in [1.82, 2.24) is 10.2 Å². The van der Waals surface area contributed by atoms with E-state index in [2.05, 4.69) is 5.32 Å². The van der Waals surface area contributed by atoms with E-state index in [1.54, 1.807) is 0 Å². The summed E-state index contributed by atoms with van der Waals surface area (Å²) in [6.45, 7) is 1.75. The fraction of sp³-hybridized carbons (Fsp3) is 1.00. The first kappa shape index (κ1) is 14.1. The third-order valence-corrected chi connectivity index (χ3v) is 4.24. The number of nitrogens with zero attached hydrogens (tertiary/aromatic N) is 1. The van der Waals surface area contributed by atoms with E-state index in [0.717, 1.165) is 38.6 Å². The highest BCUT2D eigenvalue weighted by Gasteiger charge is 2.45. The van der Waals surface area contributed by atoms with E-state index in [4.69, 9.17) is 0 Å². The molecule has 1 saturated heterocycles. The lowest BCUT2D eigenvalue weighted by Crippen LogP contribution is -2.64. The maximum Gasteiger partial charge on any atom is 0.415 e. The number of hydrogen-bond donors (Lipinski definition) is 2. The van der Waals surface area contributed by atoms with Crippen LogP contribution in [0.5, 0.6) is 0 Å². The van der Waals surface area contributed by atoms with Crippen LogP contribution in [0.3, 0.4) is 0 Å². The number of hydrogen-bond acceptors (Lipinski definition) is 3. The van der Waals surface area contributed by atoms with E-state index in [9.17, 15) is 18.3 Å². The Kier molecular flexibility index (Phi) is 4.18. The molecular formula is C12H21F3N2O. The fourth-order valence-corrected chi connectivity index (χ4v) is 3.18. The molecule has 0 amide bonds. The lowest BCUT2D eigenvalue weighted by atomic mass is 9.79. The van der Waals surface area contributed by atoms with Crippen molar-refractivity contribution in [3.63, 3.8) is 0 Å². The van der Waals surface area contributed by atoms with Crippen LogP contribution in [-0.4, -0.2) is 54.0 Å². The topological polar surface area (TPSA) is 35.5 Å². The number of halogens is 3. The van der Waals surface area contributed by atoms with Gasteiger partial charge in [0.2, 0.25) is 0 Å². The molecule has 0 radical (unpaired) electrons. The van der Waals surface area contributed by atoms with Crippen molar-refractivity contribution < 1.29 is 18.3 Å². The van der Waals surface area contributed by atoms with Crippen LogP contribution in [0.2, 0.25) is 0 Å². The zero-order chi connectivity index (χ0) is 13.2. The van der Waals surface area contributed by atoms with Crippen molar-refractivity contribution in [2.45, 2.75) is 49.9 Å². The zero-order valence-electron chi connectivity index (χ0n) is 10.5. The molecule has 2 aliphatic rings. The summed E-state index contributed by atoms with van der Waals surface area (Å²) in [5, 5.41) is 12.5. The first-order chi connectivity index (χ1) is 8.44. The number of β-amino-alcohol motifs (C(OH)–C–C–N with tert-alkyl or cyclic N) is 1. The Bertz CT molecular complexity index is 269. The average Bonchev–Trinajstić information content (AvgIpc) is 2.32. The molecule has 0 aromatic heterocycles. The molecule has 2 rings (SSSR count). The van der Waals surface area contributed by atoms with Crippen molar-refractivity contribution in [2.24, 2.45) is 0 Å². The molecule has 1 aliphatic heterocycles. The normalized spacial score (nSPS) is 27.3. The van der Waals surface area contributed by atoms with Crippen LogP contribution in [0.1, 0.15) is 32.1 Å². The van der Waals surface area contributed by atoms with Crippen molar-refractivity contribution in [3.8, 4) is 0 Å². The summed E-state index contributed by atoms with van der Waals surface area (Å²) in [7, 11) is 0. The summed E-state index contributed by atoms with van der Waals surface area (Å²) in [6, 6.07) is 0. The van der Waals surface area contributed by atoms with Gasteiger partial charge in [0, 0.05) is 31.7 Å². The number of aliphatic hydroxyl groups is 1. The van der Waals surface area contributed by atoms with Crippen molar-refractivity contribution in [3.05, 3.63) is 0 Å². The predicted molar refractivity (Wildman–Crippen MR) is 62.3 cm³/mol. The second-order valence-electron chi connectivity index (χ2n) is 5.47. The Balaban J connectivity index is 2.03. The van der Waals surface area contributed by atoms with Crippen LogP contribution in [0, 0.1) is 0 Å². The van der Waals surface area contributed by atoms with Crippen LogP contribution in [0.4, 0.5) is 13.2 Å². The molecule has 1 unspecified atom stereocenters. The van der Waals surface area contributed by atoms with E-state index >= 15 is 0 Å². The van der Waals surface area contributed by atoms with Crippen molar-refractivity contribution in [2.75, 3.05) is 26.2 Å². The quantitative estimate of drug-likeness (QED) is 0.795. The Morgan fingerprint density at radius 3 is 2.50 bits per heavy atom. The molecular weight excluding hydrogens is 245 g/mol. The van der Waals surface area contributed by atoms with Gasteiger partial charge < -0.3 is 10.4 Å². The maximum absolute atomic E-state index is 12.5. The number of alkyl halides is 3. The van der Waals surface area contributed by atoms with Crippen LogP contribution in [0.25, 0.3) is 0 Å². The molecule has 0 aromatic rings. The first-order valence-electron chi connectivity index (χ1n) is 6.65. The highest BCUT2D eigenvalue weighted by Crippen LogP contribution is 2.35. The predicted octanol–water partition coefficient (Wildman–Crippen LogP) is 1.52. The second kappa shape index (κ2) is 5.35. The van der Waals surface area contributed by atoms with Crippen molar-refractivity contribution >= 4 is 0 Å². The van der Waals surface area contributed by atoms with Gasteiger partial charge in [-0.3, -0.25) is 4.90 Å². The largest absolute Gasteiger partial charge is 0.415 e. The molecule has 6 heteroatoms. The Labute approximate surface area is 105 Å². The van der Waals surface area contributed by atoms with E-state index in [0.29, 0.717) is 13.1 Å². The van der Waals surface area contributed by atoms with E-state index in [-0.39, 0.29) is 12.1 Å². The molecule has 1 heterocycles. The summed E-state index contributed by atoms with van der Waals surface area (Å²) in [4.78, 5) is 1.86. The Morgan fingerprint density at radius 2 is 1.89 bits per heavy atom. The van der Waals surface area contributed by atoms with Gasteiger partial charge in [0.1, 0.15) is 0 Å². The van der Waals surface area contributed by atoms with E-state index in [1.807, 2.05) is 4.90 Å². The van der Waals surface area contributed by atoms with Crippen LogP contribution < -0.4 is 5.32 Å². The third-order valence-electron chi connectivity index (χ3n) is 4.24. The maximum atomic E-state index is 12.5. The molecule has 1 saturated carbocycles. The van der Waals surface area contributed by atoms with Gasteiger partial charge in [-0.15, -0.1) is 0 Å². The fourth-order valence-electron chi connectivity index (χ4n) is 3.18. The van der Waals surface area contributed by atoms with Crippen LogP contribution in [-0.2, 0) is 0 Å². The molecule has 18 heavy (non-hydrogen) atoms. The molecule has 1 atom stereocenters. The molecule has 0 aromatic carbocycles. The molecule has 1 spiro atoms. The monoisotopic (exact) mass is 266 g/mol. The molecule has 2 fully saturated rings. The summed E-state index contributed by atoms with van der Waals surface area (Å²) in [5.74, 6) is 0. The van der Waals surface area contributed by atoms with Gasteiger partial charge in [-0.1, -0.05) is 19.3 Å². The van der Waals surface area contributed by atoms with Gasteiger partial charge in [-0.05, 0) is 12.8 Å². The van der Waals surface area contributed by atoms with Gasteiger partial charge >= 0.3 is 6.18 Å². The highest BCUT2D eigenvalue weighted by atomic mass is 19.4. The molecule has 1 aliphatic carbocycles. The minimum absolute atomic E-state index is 0.164. The van der Waals surface area contributed by atoms with Gasteiger partial charge in [0.25, 0.3) is 0 Å². The lowest BCUT2D eigenvalue weighted by Gasteiger charge is -2.50. The molecule has 106 valence electrons. The SMILES string of the molecule is OC(CN1CCNCC12CCCCC2)C(F)(F)F. The van der Waals surface area contributed by atoms with Crippen molar-refractivity contribution in [1.29, 1.82) is 0 Å². The highest BCUT2D eigenvalue weighted by molar-refractivity contribution is 4.98. The van der Waals surface area contributed by atoms with Crippen LogP contribution in [0.15, 0.2) is 0 Å². The van der Waals surface area contributed by atoms with E-state index in [1.165, 1.54) is 0 Å². The number of aliphatic hydroxyl groups excluding tert-OH is 1. The lowest BCUT2D eigenvalue weighted by molar-refractivity contribution is -0.213. The third kappa shape index (κ3) is 2.97. The molecule has 0 bridgehead atoms. The van der Waals surface area contributed by atoms with Gasteiger partial charge in [-0.2, -0.15) is 13.2 Å². The molecule has 3 nitrogen and oxygen atoms in total. The summed E-state index contributed by atoms with van der Waals surface area (Å²) in [6.07, 6.45) is -1.57. The van der Waals surface area contributed by atoms with Gasteiger partial charge in [-0.25, -0.2) is 0 Å². The summed E-state index contributed by atoms with van der Waals surface area (Å²) >= 11 is 0. The molecule has 2 N–H and O–H groups in total. The smallest absolute Gasteiger partial charge is 0.382 e. The van der Waals surface area contributed by atoms with Crippen LogP contribution >= 0.6 is 0 Å². The minimum Gasteiger partial charge on any atom is -0.382 e. The summed E-state index contributed by atoms with van der Waals surface area (Å²) < 4.78 is 37.4. The first-order valence-corrected chi connectivity index (χ1v) is 6.65. The minimum atomic E-state index is -4.51. The Morgan fingerprint density at radius 1 is 1.22 bits per heavy atom. The number of piperazine rings is 1.